The van der Waals surface area contributed by atoms with Gasteiger partial charge in [-0.25, -0.2) is 4.79 Å². The molecule has 19 heavy (non-hydrogen) atoms. The van der Waals surface area contributed by atoms with E-state index in [9.17, 15) is 4.79 Å². The van der Waals surface area contributed by atoms with Crippen LogP contribution in [0.5, 0.6) is 0 Å². The third-order valence-corrected chi connectivity index (χ3v) is 4.38. The Kier molecular flexibility index (Phi) is 3.64. The molecule has 0 bridgehead atoms. The molecule has 1 aromatic carbocycles. The molecule has 0 radical (unpaired) electrons. The number of urea groups is 1. The van der Waals surface area contributed by atoms with Gasteiger partial charge in [-0.1, -0.05) is 15.9 Å². The summed E-state index contributed by atoms with van der Waals surface area (Å²) in [6, 6.07) is 8.72. The summed E-state index contributed by atoms with van der Waals surface area (Å²) in [5.74, 6) is 0. The third-order valence-electron chi connectivity index (χ3n) is 3.85. The van der Waals surface area contributed by atoms with Crippen LogP contribution in [0.2, 0.25) is 0 Å². The van der Waals surface area contributed by atoms with Gasteiger partial charge in [0, 0.05) is 42.4 Å². The molecule has 2 amide bonds. The number of hydrogen-bond donors (Lipinski definition) is 1. The average Bonchev–Trinajstić information content (AvgIpc) is 2.76. The van der Waals surface area contributed by atoms with Crippen molar-refractivity contribution in [3.8, 4) is 0 Å². The van der Waals surface area contributed by atoms with Gasteiger partial charge >= 0.3 is 6.03 Å². The van der Waals surface area contributed by atoms with Gasteiger partial charge in [-0.05, 0) is 37.1 Å². The zero-order valence-corrected chi connectivity index (χ0v) is 12.4. The Morgan fingerprint density at radius 1 is 1.21 bits per heavy atom. The number of rotatable bonds is 2. The minimum atomic E-state index is 0.105. The van der Waals surface area contributed by atoms with Crippen LogP contribution in [-0.2, 0) is 0 Å². The first-order valence-electron chi connectivity index (χ1n) is 6.78. The zero-order valence-electron chi connectivity index (χ0n) is 10.8. The molecule has 2 aliphatic heterocycles. The van der Waals surface area contributed by atoms with Crippen LogP contribution in [0.15, 0.2) is 28.7 Å². The van der Waals surface area contributed by atoms with Crippen molar-refractivity contribution >= 4 is 27.6 Å². The molecule has 0 saturated carbocycles. The quantitative estimate of drug-likeness (QED) is 0.907. The van der Waals surface area contributed by atoms with Gasteiger partial charge < -0.3 is 15.1 Å². The van der Waals surface area contributed by atoms with E-state index in [0.717, 1.165) is 43.5 Å². The van der Waals surface area contributed by atoms with Crippen molar-refractivity contribution in [2.45, 2.75) is 18.9 Å². The lowest BCUT2D eigenvalue weighted by Gasteiger charge is -2.32. The molecular weight excluding hydrogens is 306 g/mol. The van der Waals surface area contributed by atoms with E-state index < -0.39 is 0 Å². The standard InChI is InChI=1S/C14H18BrN3O/c15-11-2-4-13(5-3-11)18-9-6-12(10-18)16-14(19)17-7-1-8-17/h2-5,12H,1,6-10H2,(H,16,19)/t12-/m1/s1. The monoisotopic (exact) mass is 323 g/mol. The first-order valence-corrected chi connectivity index (χ1v) is 7.57. The fourth-order valence-electron chi connectivity index (χ4n) is 2.55. The summed E-state index contributed by atoms with van der Waals surface area (Å²) in [4.78, 5) is 16.1. The Hall–Kier alpha value is -1.23. The van der Waals surface area contributed by atoms with E-state index in [1.165, 1.54) is 5.69 Å². The second-order valence-electron chi connectivity index (χ2n) is 5.20. The van der Waals surface area contributed by atoms with Crippen LogP contribution in [0.3, 0.4) is 0 Å². The lowest BCUT2D eigenvalue weighted by molar-refractivity contribution is 0.164. The molecule has 2 aliphatic rings. The molecule has 1 N–H and O–H groups in total. The number of nitrogens with zero attached hydrogens (tertiary/aromatic N) is 2. The van der Waals surface area contributed by atoms with E-state index in [1.807, 2.05) is 4.90 Å². The highest BCUT2D eigenvalue weighted by Gasteiger charge is 2.27. The normalized spacial score (nSPS) is 22.3. The van der Waals surface area contributed by atoms with E-state index in [0.29, 0.717) is 0 Å². The van der Waals surface area contributed by atoms with Crippen LogP contribution in [0, 0.1) is 0 Å². The van der Waals surface area contributed by atoms with Gasteiger partial charge in [0.15, 0.2) is 0 Å². The number of carbonyl (C=O) groups excluding carboxylic acids is 1. The molecule has 0 aromatic heterocycles. The van der Waals surface area contributed by atoms with Gasteiger partial charge in [0.25, 0.3) is 0 Å². The number of halogens is 1. The van der Waals surface area contributed by atoms with Crippen LogP contribution in [0.25, 0.3) is 0 Å². The highest BCUT2D eigenvalue weighted by atomic mass is 79.9. The lowest BCUT2D eigenvalue weighted by atomic mass is 10.2. The van der Waals surface area contributed by atoms with Crippen molar-refractivity contribution in [3.05, 3.63) is 28.7 Å². The second-order valence-corrected chi connectivity index (χ2v) is 6.11. The smallest absolute Gasteiger partial charge is 0.317 e. The van der Waals surface area contributed by atoms with Crippen LogP contribution < -0.4 is 10.2 Å². The van der Waals surface area contributed by atoms with Crippen LogP contribution in [0.4, 0.5) is 10.5 Å². The van der Waals surface area contributed by atoms with Crippen molar-refractivity contribution in [1.29, 1.82) is 0 Å². The van der Waals surface area contributed by atoms with Crippen molar-refractivity contribution in [2.75, 3.05) is 31.1 Å². The number of nitrogens with one attached hydrogen (secondary N) is 1. The van der Waals surface area contributed by atoms with Crippen molar-refractivity contribution in [1.82, 2.24) is 10.2 Å². The van der Waals surface area contributed by atoms with Gasteiger partial charge in [0.1, 0.15) is 0 Å². The van der Waals surface area contributed by atoms with Gasteiger partial charge in [-0.2, -0.15) is 0 Å². The Balaban J connectivity index is 1.54. The summed E-state index contributed by atoms with van der Waals surface area (Å²) in [6.07, 6.45) is 2.17. The molecule has 4 nitrogen and oxygen atoms in total. The van der Waals surface area contributed by atoms with E-state index in [2.05, 4.69) is 50.4 Å². The van der Waals surface area contributed by atoms with Gasteiger partial charge in [0.2, 0.25) is 0 Å². The Morgan fingerprint density at radius 2 is 1.95 bits per heavy atom. The van der Waals surface area contributed by atoms with E-state index in [1.54, 1.807) is 0 Å². The molecule has 1 atom stereocenters. The number of hydrogen-bond acceptors (Lipinski definition) is 2. The summed E-state index contributed by atoms with van der Waals surface area (Å²) in [6.45, 7) is 3.73. The van der Waals surface area contributed by atoms with Crippen molar-refractivity contribution < 1.29 is 4.79 Å². The number of benzene rings is 1. The second kappa shape index (κ2) is 5.41. The van der Waals surface area contributed by atoms with E-state index >= 15 is 0 Å². The molecule has 3 rings (SSSR count). The topological polar surface area (TPSA) is 35.6 Å². The highest BCUT2D eigenvalue weighted by molar-refractivity contribution is 9.10. The molecule has 0 spiro atoms. The SMILES string of the molecule is O=C(N[C@@H]1CCN(c2ccc(Br)cc2)C1)N1CCC1. The molecule has 5 heteroatoms. The minimum absolute atomic E-state index is 0.105. The van der Waals surface area contributed by atoms with Gasteiger partial charge in [0.05, 0.1) is 0 Å². The van der Waals surface area contributed by atoms with Crippen LogP contribution >= 0.6 is 15.9 Å². The molecule has 1 aromatic rings. The average molecular weight is 324 g/mol. The highest BCUT2D eigenvalue weighted by Crippen LogP contribution is 2.22. The Morgan fingerprint density at radius 3 is 2.58 bits per heavy atom. The summed E-state index contributed by atoms with van der Waals surface area (Å²) in [7, 11) is 0. The zero-order chi connectivity index (χ0) is 13.2. The van der Waals surface area contributed by atoms with Gasteiger partial charge in [-0.3, -0.25) is 0 Å². The molecule has 2 heterocycles. The summed E-state index contributed by atoms with van der Waals surface area (Å²) < 4.78 is 1.10. The maximum atomic E-state index is 11.9. The maximum Gasteiger partial charge on any atom is 0.317 e. The van der Waals surface area contributed by atoms with Gasteiger partial charge in [-0.15, -0.1) is 0 Å². The number of anilines is 1. The van der Waals surface area contributed by atoms with Crippen molar-refractivity contribution in [2.24, 2.45) is 0 Å². The van der Waals surface area contributed by atoms with E-state index in [4.69, 9.17) is 0 Å². The first kappa shape index (κ1) is 12.8. The predicted molar refractivity (Wildman–Crippen MR) is 79.5 cm³/mol. The predicted octanol–water partition coefficient (Wildman–Crippen LogP) is 2.44. The summed E-state index contributed by atoms with van der Waals surface area (Å²) in [5, 5.41) is 3.13. The number of amides is 2. The Labute approximate surface area is 121 Å². The minimum Gasteiger partial charge on any atom is -0.369 e. The molecule has 2 fully saturated rings. The molecule has 2 saturated heterocycles. The van der Waals surface area contributed by atoms with E-state index in [-0.39, 0.29) is 12.1 Å². The third kappa shape index (κ3) is 2.86. The largest absolute Gasteiger partial charge is 0.369 e. The number of likely N-dealkylation sites (tertiary alicyclic amines) is 1. The molecular formula is C14H18BrN3O. The fourth-order valence-corrected chi connectivity index (χ4v) is 2.81. The fraction of sp³-hybridized carbons (Fsp3) is 0.500. The molecule has 102 valence electrons. The summed E-state index contributed by atoms with van der Waals surface area (Å²) in [5.41, 5.74) is 1.23. The Bertz CT molecular complexity index is 458. The number of carbonyl (C=O) groups is 1. The maximum absolute atomic E-state index is 11.9. The van der Waals surface area contributed by atoms with Crippen LogP contribution in [-0.4, -0.2) is 43.2 Å². The van der Waals surface area contributed by atoms with Crippen molar-refractivity contribution in [3.63, 3.8) is 0 Å². The molecule has 0 unspecified atom stereocenters. The van der Waals surface area contributed by atoms with Crippen LogP contribution in [0.1, 0.15) is 12.8 Å². The molecule has 0 aliphatic carbocycles. The first-order chi connectivity index (χ1) is 9.22. The lowest BCUT2D eigenvalue weighted by Crippen LogP contribution is -2.51. The summed E-state index contributed by atoms with van der Waals surface area (Å²) >= 11 is 3.45.